The normalized spacial score (nSPS) is 11.6. The van der Waals surface area contributed by atoms with Crippen LogP contribution < -0.4 is 0 Å². The number of carboxylic acid groups (broad SMARTS) is 1. The first-order valence-corrected chi connectivity index (χ1v) is 8.82. The van der Waals surface area contributed by atoms with Crippen molar-refractivity contribution in [3.05, 3.63) is 70.4 Å². The van der Waals surface area contributed by atoms with Crippen LogP contribution in [0.4, 0.5) is 18.0 Å². The van der Waals surface area contributed by atoms with Crippen LogP contribution >= 0.6 is 0 Å². The van der Waals surface area contributed by atoms with Crippen LogP contribution in [-0.4, -0.2) is 26.9 Å². The number of alkyl halides is 3. The first-order valence-electron chi connectivity index (χ1n) is 8.82. The lowest BCUT2D eigenvalue weighted by atomic mass is 10.0. The molecule has 0 radical (unpaired) electrons. The van der Waals surface area contributed by atoms with E-state index in [9.17, 15) is 27.9 Å². The van der Waals surface area contributed by atoms with Crippen LogP contribution in [0.3, 0.4) is 0 Å². The molecule has 29 heavy (non-hydrogen) atoms. The molecule has 152 valence electrons. The minimum absolute atomic E-state index is 0.135. The van der Waals surface area contributed by atoms with E-state index in [1.807, 2.05) is 0 Å². The van der Waals surface area contributed by atoms with Gasteiger partial charge in [0.25, 0.3) is 0 Å². The minimum Gasteiger partial charge on any atom is -0.465 e. The maximum Gasteiger partial charge on any atom is 0.416 e. The predicted octanol–water partition coefficient (Wildman–Crippen LogP) is 5.38. The van der Waals surface area contributed by atoms with Crippen molar-refractivity contribution in [2.24, 2.45) is 0 Å². The molecule has 1 aromatic heterocycles. The molecule has 8 heteroatoms. The van der Waals surface area contributed by atoms with Gasteiger partial charge in [0.2, 0.25) is 0 Å². The number of rotatable bonds is 5. The van der Waals surface area contributed by atoms with E-state index in [4.69, 9.17) is 0 Å². The lowest BCUT2D eigenvalue weighted by molar-refractivity contribution is -0.137. The van der Waals surface area contributed by atoms with Crippen molar-refractivity contribution in [1.29, 1.82) is 0 Å². The Hall–Kier alpha value is -3.29. The molecule has 2 N–H and O–H groups in total. The first kappa shape index (κ1) is 20.4. The molecule has 0 unspecified atom stereocenters. The fourth-order valence-electron chi connectivity index (χ4n) is 3.38. The Morgan fingerprint density at radius 2 is 1.79 bits per heavy atom. The van der Waals surface area contributed by atoms with Gasteiger partial charge in [-0.1, -0.05) is 29.8 Å². The van der Waals surface area contributed by atoms with Gasteiger partial charge < -0.3 is 10.1 Å². The number of ketones is 1. The van der Waals surface area contributed by atoms with Crippen molar-refractivity contribution in [1.82, 2.24) is 9.88 Å². The highest BCUT2D eigenvalue weighted by Gasteiger charge is 2.31. The molecule has 3 aromatic rings. The van der Waals surface area contributed by atoms with Gasteiger partial charge in [-0.3, -0.25) is 9.69 Å². The molecule has 0 aliphatic carbocycles. The second kappa shape index (κ2) is 7.62. The number of para-hydroxylation sites is 1. The second-order valence-corrected chi connectivity index (χ2v) is 6.92. The van der Waals surface area contributed by atoms with Crippen LogP contribution in [-0.2, 0) is 19.3 Å². The monoisotopic (exact) mass is 404 g/mol. The van der Waals surface area contributed by atoms with Crippen molar-refractivity contribution in [2.45, 2.75) is 33.1 Å². The molecule has 5 nitrogen and oxygen atoms in total. The average Bonchev–Trinajstić information content (AvgIpc) is 2.99. The number of fused-ring (bicyclic) bond motifs is 1. The SMILES string of the molecule is CC(=O)c1[nH]c2ccccc2c1CN(Cc1cc(C)cc(C(F)(F)F)c1)C(=O)O. The highest BCUT2D eigenvalue weighted by molar-refractivity contribution is 6.01. The molecule has 0 saturated carbocycles. The molecule has 0 atom stereocenters. The van der Waals surface area contributed by atoms with Gasteiger partial charge in [-0.25, -0.2) is 4.79 Å². The van der Waals surface area contributed by atoms with E-state index >= 15 is 0 Å². The predicted molar refractivity (Wildman–Crippen MR) is 102 cm³/mol. The van der Waals surface area contributed by atoms with Gasteiger partial charge in [0, 0.05) is 29.9 Å². The molecule has 1 heterocycles. The molecule has 0 bridgehead atoms. The molecule has 0 aliphatic rings. The van der Waals surface area contributed by atoms with E-state index in [1.165, 1.54) is 19.9 Å². The van der Waals surface area contributed by atoms with Crippen LogP contribution in [0.15, 0.2) is 42.5 Å². The van der Waals surface area contributed by atoms with Gasteiger partial charge in [-0.15, -0.1) is 0 Å². The zero-order valence-electron chi connectivity index (χ0n) is 15.8. The summed E-state index contributed by atoms with van der Waals surface area (Å²) in [5.41, 5.74) is 1.26. The number of nitrogens with one attached hydrogen (secondary N) is 1. The third kappa shape index (κ3) is 4.42. The topological polar surface area (TPSA) is 73.4 Å². The van der Waals surface area contributed by atoms with Crippen LogP contribution in [0.1, 0.15) is 39.7 Å². The van der Waals surface area contributed by atoms with Crippen LogP contribution in [0.5, 0.6) is 0 Å². The largest absolute Gasteiger partial charge is 0.465 e. The molecular formula is C21H19F3N2O3. The number of hydrogen-bond acceptors (Lipinski definition) is 2. The number of amides is 1. The van der Waals surface area contributed by atoms with Gasteiger partial charge in [-0.05, 0) is 30.7 Å². The highest BCUT2D eigenvalue weighted by atomic mass is 19.4. The smallest absolute Gasteiger partial charge is 0.416 e. The second-order valence-electron chi connectivity index (χ2n) is 6.92. The molecule has 0 saturated heterocycles. The number of aryl methyl sites for hydroxylation is 1. The van der Waals surface area contributed by atoms with E-state index in [0.29, 0.717) is 22.0 Å². The van der Waals surface area contributed by atoms with Gasteiger partial charge in [0.05, 0.1) is 17.8 Å². The van der Waals surface area contributed by atoms with Gasteiger partial charge in [0.1, 0.15) is 0 Å². The van der Waals surface area contributed by atoms with Crippen molar-refractivity contribution < 1.29 is 27.9 Å². The molecule has 0 spiro atoms. The Balaban J connectivity index is 1.98. The van der Waals surface area contributed by atoms with E-state index in [1.54, 1.807) is 24.3 Å². The summed E-state index contributed by atoms with van der Waals surface area (Å²) in [6.45, 7) is 2.52. The van der Waals surface area contributed by atoms with E-state index < -0.39 is 17.8 Å². The first-order chi connectivity index (χ1) is 13.6. The van der Waals surface area contributed by atoms with Gasteiger partial charge in [0.15, 0.2) is 5.78 Å². The summed E-state index contributed by atoms with van der Waals surface area (Å²) in [5, 5.41) is 10.3. The third-order valence-corrected chi connectivity index (χ3v) is 4.62. The average molecular weight is 404 g/mol. The lowest BCUT2D eigenvalue weighted by Gasteiger charge is -2.21. The Kier molecular flexibility index (Phi) is 5.37. The van der Waals surface area contributed by atoms with Crippen LogP contribution in [0.25, 0.3) is 10.9 Å². The summed E-state index contributed by atoms with van der Waals surface area (Å²) in [4.78, 5) is 27.8. The number of H-pyrrole nitrogens is 1. The standard InChI is InChI=1S/C21H19F3N2O3/c1-12-7-14(9-15(8-12)21(22,23)24)10-26(20(28)29)11-17-16-5-3-4-6-18(16)25-19(17)13(2)27/h3-9,25H,10-11H2,1-2H3,(H,28,29). The van der Waals surface area contributed by atoms with E-state index in [2.05, 4.69) is 4.98 Å². The summed E-state index contributed by atoms with van der Waals surface area (Å²) >= 11 is 0. The number of aromatic nitrogens is 1. The maximum atomic E-state index is 13.1. The summed E-state index contributed by atoms with van der Waals surface area (Å²) in [7, 11) is 0. The molecule has 0 aliphatic heterocycles. The highest BCUT2D eigenvalue weighted by Crippen LogP contribution is 2.31. The Morgan fingerprint density at radius 1 is 1.10 bits per heavy atom. The van der Waals surface area contributed by atoms with Crippen molar-refractivity contribution in [2.75, 3.05) is 0 Å². The fraction of sp³-hybridized carbons (Fsp3) is 0.238. The number of carbonyl (C=O) groups excluding carboxylic acids is 1. The zero-order valence-corrected chi connectivity index (χ0v) is 15.8. The summed E-state index contributed by atoms with van der Waals surface area (Å²) in [6.07, 6.45) is -5.81. The number of hydrogen-bond donors (Lipinski definition) is 2. The number of nitrogens with zero attached hydrogens (tertiary/aromatic N) is 1. The Labute approximate surface area is 164 Å². The molecule has 3 rings (SSSR count). The summed E-state index contributed by atoms with van der Waals surface area (Å²) < 4.78 is 39.3. The van der Waals surface area contributed by atoms with Gasteiger partial charge in [-0.2, -0.15) is 13.2 Å². The Bertz CT molecular complexity index is 1090. The number of carbonyl (C=O) groups is 2. The maximum absolute atomic E-state index is 13.1. The van der Waals surface area contributed by atoms with Gasteiger partial charge >= 0.3 is 12.3 Å². The Morgan fingerprint density at radius 3 is 2.41 bits per heavy atom. The third-order valence-electron chi connectivity index (χ3n) is 4.62. The number of benzene rings is 2. The zero-order chi connectivity index (χ0) is 21.3. The molecule has 2 aromatic carbocycles. The van der Waals surface area contributed by atoms with E-state index in [-0.39, 0.29) is 30.1 Å². The minimum atomic E-state index is -4.52. The number of aromatic amines is 1. The van der Waals surface area contributed by atoms with E-state index in [0.717, 1.165) is 17.0 Å². The number of halogens is 3. The molecule has 1 amide bonds. The van der Waals surface area contributed by atoms with Crippen LogP contribution in [0, 0.1) is 6.92 Å². The van der Waals surface area contributed by atoms with Crippen LogP contribution in [0.2, 0.25) is 0 Å². The lowest BCUT2D eigenvalue weighted by Crippen LogP contribution is -2.29. The van der Waals surface area contributed by atoms with Crippen molar-refractivity contribution in [3.63, 3.8) is 0 Å². The molecule has 0 fully saturated rings. The fourth-order valence-corrected chi connectivity index (χ4v) is 3.38. The summed E-state index contributed by atoms with van der Waals surface area (Å²) in [6, 6.07) is 10.6. The quantitative estimate of drug-likeness (QED) is 0.561. The molecular weight excluding hydrogens is 385 g/mol. The summed E-state index contributed by atoms with van der Waals surface area (Å²) in [5.74, 6) is -0.253. The number of Topliss-reactive ketones (excluding diaryl/α,β-unsaturated/α-hetero) is 1. The van der Waals surface area contributed by atoms with Crippen molar-refractivity contribution >= 4 is 22.8 Å². The van der Waals surface area contributed by atoms with Crippen molar-refractivity contribution in [3.8, 4) is 0 Å².